The van der Waals surface area contributed by atoms with E-state index < -0.39 is 10.0 Å². The highest BCUT2D eigenvalue weighted by atomic mass is 32.2. The number of benzene rings is 1. The van der Waals surface area contributed by atoms with Crippen LogP contribution in [0.25, 0.3) is 0 Å². The SMILES string of the molecule is CC(C)NS(=O)(=O)c1ccc(C(=O)N2CCC(OCC3CCCC3)CC2)cc1. The number of carbonyl (C=O) groups is 1. The van der Waals surface area contributed by atoms with E-state index in [1.807, 2.05) is 4.90 Å². The van der Waals surface area contributed by atoms with Gasteiger partial charge in [-0.1, -0.05) is 12.8 Å². The zero-order chi connectivity index (χ0) is 20.1. The van der Waals surface area contributed by atoms with E-state index in [0.717, 1.165) is 25.4 Å². The van der Waals surface area contributed by atoms with Crippen molar-refractivity contribution in [2.24, 2.45) is 5.92 Å². The van der Waals surface area contributed by atoms with E-state index in [2.05, 4.69) is 4.72 Å². The summed E-state index contributed by atoms with van der Waals surface area (Å²) in [6.07, 6.45) is 7.21. The average Bonchev–Trinajstić information content (AvgIpc) is 3.19. The number of piperidine rings is 1. The highest BCUT2D eigenvalue weighted by Gasteiger charge is 2.26. The van der Waals surface area contributed by atoms with Crippen LogP contribution in [0.2, 0.25) is 0 Å². The third-order valence-electron chi connectivity index (χ3n) is 5.57. The molecule has 1 N–H and O–H groups in total. The summed E-state index contributed by atoms with van der Waals surface area (Å²) >= 11 is 0. The Hall–Kier alpha value is -1.44. The van der Waals surface area contributed by atoms with Gasteiger partial charge in [-0.25, -0.2) is 13.1 Å². The molecule has 0 unspecified atom stereocenters. The monoisotopic (exact) mass is 408 g/mol. The molecule has 0 spiro atoms. The highest BCUT2D eigenvalue weighted by Crippen LogP contribution is 2.26. The van der Waals surface area contributed by atoms with Crippen molar-refractivity contribution in [3.8, 4) is 0 Å². The second-order valence-electron chi connectivity index (χ2n) is 8.28. The smallest absolute Gasteiger partial charge is 0.253 e. The summed E-state index contributed by atoms with van der Waals surface area (Å²) in [7, 11) is -3.54. The number of carbonyl (C=O) groups excluding carboxylic acids is 1. The number of nitrogens with zero attached hydrogens (tertiary/aromatic N) is 1. The molecular weight excluding hydrogens is 376 g/mol. The van der Waals surface area contributed by atoms with Gasteiger partial charge in [0.25, 0.3) is 5.91 Å². The van der Waals surface area contributed by atoms with Crippen LogP contribution in [0.4, 0.5) is 0 Å². The number of hydrogen-bond acceptors (Lipinski definition) is 4. The summed E-state index contributed by atoms with van der Waals surface area (Å²) in [6, 6.07) is 6.01. The van der Waals surface area contributed by atoms with Gasteiger partial charge in [0, 0.05) is 31.3 Å². The van der Waals surface area contributed by atoms with E-state index in [4.69, 9.17) is 4.74 Å². The van der Waals surface area contributed by atoms with Crippen molar-refractivity contribution in [1.82, 2.24) is 9.62 Å². The Morgan fingerprint density at radius 1 is 1.11 bits per heavy atom. The second kappa shape index (κ2) is 9.37. The topological polar surface area (TPSA) is 75.7 Å². The standard InChI is InChI=1S/C21H32N2O4S/c1-16(2)22-28(25,26)20-9-7-18(8-10-20)21(24)23-13-11-19(12-14-23)27-15-17-5-3-4-6-17/h7-10,16-17,19,22H,3-6,11-15H2,1-2H3. The predicted octanol–water partition coefficient (Wildman–Crippen LogP) is 3.18. The third-order valence-corrected chi connectivity index (χ3v) is 7.25. The molecule has 1 aromatic rings. The Bertz CT molecular complexity index is 747. The van der Waals surface area contributed by atoms with E-state index in [1.165, 1.54) is 37.8 Å². The van der Waals surface area contributed by atoms with Gasteiger partial charge in [0.05, 0.1) is 11.0 Å². The molecule has 0 bridgehead atoms. The zero-order valence-corrected chi connectivity index (χ0v) is 17.7. The summed E-state index contributed by atoms with van der Waals surface area (Å²) in [5, 5.41) is 0. The number of nitrogens with one attached hydrogen (secondary N) is 1. The van der Waals surface area contributed by atoms with Crippen LogP contribution in [0.1, 0.15) is 62.7 Å². The number of hydrogen-bond donors (Lipinski definition) is 1. The maximum atomic E-state index is 12.7. The fraction of sp³-hybridized carbons (Fsp3) is 0.667. The number of rotatable bonds is 7. The molecule has 0 radical (unpaired) electrons. The first kappa shape index (κ1) is 21.3. The normalized spacial score (nSPS) is 19.5. The van der Waals surface area contributed by atoms with Crippen LogP contribution in [-0.4, -0.2) is 51.1 Å². The van der Waals surface area contributed by atoms with Gasteiger partial charge in [0.15, 0.2) is 0 Å². The predicted molar refractivity (Wildman–Crippen MR) is 109 cm³/mol. The molecule has 6 nitrogen and oxygen atoms in total. The van der Waals surface area contributed by atoms with Gasteiger partial charge < -0.3 is 9.64 Å². The van der Waals surface area contributed by atoms with Crippen LogP contribution < -0.4 is 4.72 Å². The van der Waals surface area contributed by atoms with Crippen molar-refractivity contribution in [3.63, 3.8) is 0 Å². The van der Waals surface area contributed by atoms with E-state index in [1.54, 1.807) is 26.0 Å². The summed E-state index contributed by atoms with van der Waals surface area (Å²) < 4.78 is 33.0. The third kappa shape index (κ3) is 5.55. The first-order chi connectivity index (χ1) is 13.3. The van der Waals surface area contributed by atoms with E-state index in [9.17, 15) is 13.2 Å². The molecule has 2 aliphatic rings. The van der Waals surface area contributed by atoms with Crippen molar-refractivity contribution in [1.29, 1.82) is 0 Å². The van der Waals surface area contributed by atoms with Gasteiger partial charge in [-0.15, -0.1) is 0 Å². The van der Waals surface area contributed by atoms with Crippen LogP contribution in [0, 0.1) is 5.92 Å². The van der Waals surface area contributed by atoms with Gasteiger partial charge in [0.2, 0.25) is 10.0 Å². The number of likely N-dealkylation sites (tertiary alicyclic amines) is 1. The van der Waals surface area contributed by atoms with E-state index >= 15 is 0 Å². The van der Waals surface area contributed by atoms with Crippen LogP contribution in [0.15, 0.2) is 29.2 Å². The quantitative estimate of drug-likeness (QED) is 0.752. The molecule has 3 rings (SSSR count). The molecule has 1 saturated heterocycles. The average molecular weight is 409 g/mol. The molecule has 1 saturated carbocycles. The van der Waals surface area contributed by atoms with Crippen molar-refractivity contribution in [3.05, 3.63) is 29.8 Å². The lowest BCUT2D eigenvalue weighted by Gasteiger charge is -2.32. The van der Waals surface area contributed by atoms with Crippen molar-refractivity contribution < 1.29 is 17.9 Å². The molecule has 1 aromatic carbocycles. The van der Waals surface area contributed by atoms with Gasteiger partial charge in [-0.05, 0) is 69.7 Å². The first-order valence-electron chi connectivity index (χ1n) is 10.4. The number of amides is 1. The molecule has 0 aromatic heterocycles. The molecular formula is C21H32N2O4S. The minimum atomic E-state index is -3.54. The summed E-state index contributed by atoms with van der Waals surface area (Å²) in [4.78, 5) is 14.7. The lowest BCUT2D eigenvalue weighted by atomic mass is 10.1. The number of sulfonamides is 1. The minimum Gasteiger partial charge on any atom is -0.378 e. The number of ether oxygens (including phenoxy) is 1. The molecule has 1 amide bonds. The Labute approximate surface area is 168 Å². The van der Waals surface area contributed by atoms with Gasteiger partial charge >= 0.3 is 0 Å². The van der Waals surface area contributed by atoms with Crippen LogP contribution in [0.3, 0.4) is 0 Å². The Kier molecular flexibility index (Phi) is 7.12. The van der Waals surface area contributed by atoms with Crippen molar-refractivity contribution in [2.75, 3.05) is 19.7 Å². The maximum absolute atomic E-state index is 12.7. The molecule has 28 heavy (non-hydrogen) atoms. The molecule has 7 heteroatoms. The van der Waals surface area contributed by atoms with E-state index in [0.29, 0.717) is 18.7 Å². The van der Waals surface area contributed by atoms with Crippen LogP contribution in [-0.2, 0) is 14.8 Å². The lowest BCUT2D eigenvalue weighted by Crippen LogP contribution is -2.41. The second-order valence-corrected chi connectivity index (χ2v) is 9.99. The van der Waals surface area contributed by atoms with Crippen LogP contribution >= 0.6 is 0 Å². The summed E-state index contributed by atoms with van der Waals surface area (Å²) in [5.74, 6) is 0.676. The van der Waals surface area contributed by atoms with Crippen molar-refractivity contribution in [2.45, 2.75) is 69.4 Å². The lowest BCUT2D eigenvalue weighted by molar-refractivity contribution is -0.00593. The molecule has 1 aliphatic carbocycles. The van der Waals surface area contributed by atoms with Gasteiger partial charge in [-0.3, -0.25) is 4.79 Å². The van der Waals surface area contributed by atoms with E-state index in [-0.39, 0.29) is 22.9 Å². The molecule has 1 aliphatic heterocycles. The van der Waals surface area contributed by atoms with Crippen molar-refractivity contribution >= 4 is 15.9 Å². The minimum absolute atomic E-state index is 0.0463. The largest absolute Gasteiger partial charge is 0.378 e. The molecule has 156 valence electrons. The maximum Gasteiger partial charge on any atom is 0.253 e. The Balaban J connectivity index is 1.50. The first-order valence-corrected chi connectivity index (χ1v) is 11.9. The summed E-state index contributed by atoms with van der Waals surface area (Å²) in [5.41, 5.74) is 0.522. The van der Waals surface area contributed by atoms with Crippen LogP contribution in [0.5, 0.6) is 0 Å². The molecule has 1 heterocycles. The zero-order valence-electron chi connectivity index (χ0n) is 16.9. The van der Waals surface area contributed by atoms with Gasteiger partial charge in [-0.2, -0.15) is 0 Å². The Morgan fingerprint density at radius 3 is 2.29 bits per heavy atom. The molecule has 2 fully saturated rings. The summed E-state index contributed by atoms with van der Waals surface area (Å²) in [6.45, 7) is 5.78. The van der Waals surface area contributed by atoms with Gasteiger partial charge in [0.1, 0.15) is 0 Å². The fourth-order valence-corrected chi connectivity index (χ4v) is 5.26. The molecule has 0 atom stereocenters. The highest BCUT2D eigenvalue weighted by molar-refractivity contribution is 7.89. The Morgan fingerprint density at radius 2 is 1.71 bits per heavy atom. The fourth-order valence-electron chi connectivity index (χ4n) is 4.01.